The molecule has 0 unspecified atom stereocenters. The summed E-state index contributed by atoms with van der Waals surface area (Å²) < 4.78 is 0. The van der Waals surface area contributed by atoms with Gasteiger partial charge in [0.1, 0.15) is 0 Å². The number of hydrogen-bond donors (Lipinski definition) is 4. The number of hydrogen-bond acceptors (Lipinski definition) is 4. The zero-order valence-corrected chi connectivity index (χ0v) is 23.3. The van der Waals surface area contributed by atoms with E-state index >= 15 is 0 Å². The van der Waals surface area contributed by atoms with Crippen LogP contribution < -0.4 is 22.9 Å². The van der Waals surface area contributed by atoms with Crippen LogP contribution in [0.3, 0.4) is 0 Å². The largest absolute Gasteiger partial charge is 0.398 e. The van der Waals surface area contributed by atoms with Gasteiger partial charge in [0.05, 0.1) is 11.1 Å². The fourth-order valence-corrected chi connectivity index (χ4v) is 5.91. The van der Waals surface area contributed by atoms with Crippen molar-refractivity contribution in [3.05, 3.63) is 191 Å². The Hall–Kier alpha value is -5.16. The molecule has 0 aliphatic heterocycles. The van der Waals surface area contributed by atoms with E-state index in [9.17, 15) is 0 Å². The third kappa shape index (κ3) is 4.63. The summed E-state index contributed by atoms with van der Waals surface area (Å²) in [5.41, 5.74) is 34.8. The fourth-order valence-electron chi connectivity index (χ4n) is 5.91. The van der Waals surface area contributed by atoms with E-state index in [1.54, 1.807) is 0 Å². The van der Waals surface area contributed by atoms with Crippen LogP contribution in [0.1, 0.15) is 33.4 Å². The molecule has 0 aliphatic rings. The van der Waals surface area contributed by atoms with Crippen LogP contribution in [-0.4, -0.2) is 0 Å². The second-order valence-corrected chi connectivity index (χ2v) is 10.7. The minimum absolute atomic E-state index is 0.617. The van der Waals surface area contributed by atoms with Crippen molar-refractivity contribution in [3.8, 4) is 11.1 Å². The topological polar surface area (TPSA) is 104 Å². The Balaban J connectivity index is 1.55. The normalized spacial score (nSPS) is 11.8. The summed E-state index contributed by atoms with van der Waals surface area (Å²) in [6, 6.07) is 52.4. The first-order valence-electron chi connectivity index (χ1n) is 14.0. The van der Waals surface area contributed by atoms with Crippen LogP contribution in [0.25, 0.3) is 11.1 Å². The monoisotopic (exact) mass is 546 g/mol. The molecule has 0 spiro atoms. The minimum Gasteiger partial charge on any atom is -0.398 e. The first kappa shape index (κ1) is 27.0. The maximum Gasteiger partial charge on any atom is 0.0943 e. The molecule has 6 aromatic rings. The highest BCUT2D eigenvalue weighted by atomic mass is 14.8. The lowest BCUT2D eigenvalue weighted by Crippen LogP contribution is -2.40. The molecule has 0 aliphatic carbocycles. The number of benzene rings is 6. The van der Waals surface area contributed by atoms with E-state index in [0.717, 1.165) is 44.5 Å². The molecule has 0 amide bonds. The van der Waals surface area contributed by atoms with Crippen molar-refractivity contribution in [2.24, 2.45) is 11.5 Å². The SMILES string of the molecule is Nc1ccc(-c2ccc(N)c(C(N)(c3ccccc3)c3ccccc3)c2)cc1C(N)(c1ccccc1)c1ccccc1. The zero-order chi connectivity index (χ0) is 29.2. The van der Waals surface area contributed by atoms with Crippen molar-refractivity contribution in [1.29, 1.82) is 0 Å². The number of nitrogens with two attached hydrogens (primary N) is 4. The minimum atomic E-state index is -0.967. The van der Waals surface area contributed by atoms with Crippen molar-refractivity contribution in [1.82, 2.24) is 0 Å². The number of anilines is 2. The summed E-state index contributed by atoms with van der Waals surface area (Å²) in [6.07, 6.45) is 0. The summed E-state index contributed by atoms with van der Waals surface area (Å²) in [5.74, 6) is 0. The molecular weight excluding hydrogens is 512 g/mol. The maximum absolute atomic E-state index is 7.37. The lowest BCUT2D eigenvalue weighted by atomic mass is 9.75. The first-order chi connectivity index (χ1) is 20.4. The molecule has 0 bridgehead atoms. The highest BCUT2D eigenvalue weighted by molar-refractivity contribution is 5.75. The van der Waals surface area contributed by atoms with Crippen molar-refractivity contribution in [2.45, 2.75) is 11.1 Å². The molecule has 206 valence electrons. The van der Waals surface area contributed by atoms with Crippen LogP contribution in [0.2, 0.25) is 0 Å². The van der Waals surface area contributed by atoms with Gasteiger partial charge in [0.25, 0.3) is 0 Å². The zero-order valence-electron chi connectivity index (χ0n) is 23.3. The predicted octanol–water partition coefficient (Wildman–Crippen LogP) is 7.02. The Bertz CT molecular complexity index is 1590. The maximum atomic E-state index is 7.37. The summed E-state index contributed by atoms with van der Waals surface area (Å²) >= 11 is 0. The highest BCUT2D eigenvalue weighted by Crippen LogP contribution is 2.42. The van der Waals surface area contributed by atoms with E-state index in [0.29, 0.717) is 11.4 Å². The molecule has 0 saturated carbocycles. The Morgan fingerprint density at radius 2 is 0.595 bits per heavy atom. The van der Waals surface area contributed by atoms with Crippen molar-refractivity contribution in [3.63, 3.8) is 0 Å². The van der Waals surface area contributed by atoms with Gasteiger partial charge < -0.3 is 22.9 Å². The second-order valence-electron chi connectivity index (χ2n) is 10.7. The van der Waals surface area contributed by atoms with Gasteiger partial charge in [-0.15, -0.1) is 0 Å². The summed E-state index contributed by atoms with van der Waals surface area (Å²) in [6.45, 7) is 0. The molecule has 8 N–H and O–H groups in total. The summed E-state index contributed by atoms with van der Waals surface area (Å²) in [5, 5.41) is 0. The van der Waals surface area contributed by atoms with E-state index in [-0.39, 0.29) is 0 Å². The van der Waals surface area contributed by atoms with Crippen LogP contribution in [0, 0.1) is 0 Å². The molecule has 0 aromatic heterocycles. The third-order valence-electron chi connectivity index (χ3n) is 8.21. The molecular formula is C38H34N4. The number of rotatable bonds is 7. The van der Waals surface area contributed by atoms with Crippen LogP contribution in [-0.2, 0) is 11.1 Å². The van der Waals surface area contributed by atoms with Gasteiger partial charge >= 0.3 is 0 Å². The highest BCUT2D eigenvalue weighted by Gasteiger charge is 2.35. The molecule has 0 heterocycles. The van der Waals surface area contributed by atoms with Gasteiger partial charge in [-0.25, -0.2) is 0 Å². The van der Waals surface area contributed by atoms with E-state index < -0.39 is 11.1 Å². The van der Waals surface area contributed by atoms with Crippen molar-refractivity contribution >= 4 is 11.4 Å². The lowest BCUT2D eigenvalue weighted by molar-refractivity contribution is 0.654. The Morgan fingerprint density at radius 1 is 0.333 bits per heavy atom. The molecule has 4 heteroatoms. The Kier molecular flexibility index (Phi) is 7.09. The van der Waals surface area contributed by atoms with Crippen LogP contribution >= 0.6 is 0 Å². The van der Waals surface area contributed by atoms with Crippen LogP contribution in [0.4, 0.5) is 11.4 Å². The van der Waals surface area contributed by atoms with Crippen LogP contribution in [0.15, 0.2) is 158 Å². The van der Waals surface area contributed by atoms with Gasteiger partial charge in [0, 0.05) is 22.5 Å². The van der Waals surface area contributed by atoms with Gasteiger partial charge in [-0.1, -0.05) is 133 Å². The number of nitrogen functional groups attached to an aromatic ring is 2. The Morgan fingerprint density at radius 3 is 0.857 bits per heavy atom. The Labute approximate surface area is 247 Å². The van der Waals surface area contributed by atoms with Gasteiger partial charge in [-0.05, 0) is 57.6 Å². The van der Waals surface area contributed by atoms with E-state index in [1.807, 2.05) is 146 Å². The molecule has 0 saturated heterocycles. The average molecular weight is 547 g/mol. The predicted molar refractivity (Wildman–Crippen MR) is 175 cm³/mol. The lowest BCUT2D eigenvalue weighted by Gasteiger charge is -2.34. The standard InChI is InChI=1S/C38H34N4/c39-35-23-21-27(25-33(35)37(41,29-13-5-1-6-14-29)30-15-7-2-8-16-30)28-22-24-36(40)34(26-28)38(42,31-17-9-3-10-18-31)32-19-11-4-12-20-32/h1-26H,39-42H2. The molecule has 42 heavy (non-hydrogen) atoms. The van der Waals surface area contributed by atoms with Crippen LogP contribution in [0.5, 0.6) is 0 Å². The van der Waals surface area contributed by atoms with Crippen molar-refractivity contribution < 1.29 is 0 Å². The molecule has 0 radical (unpaired) electrons. The fraction of sp³-hybridized carbons (Fsp3) is 0.0526. The third-order valence-corrected chi connectivity index (χ3v) is 8.21. The van der Waals surface area contributed by atoms with Gasteiger partial charge in [-0.3, -0.25) is 0 Å². The van der Waals surface area contributed by atoms with Gasteiger partial charge in [-0.2, -0.15) is 0 Å². The van der Waals surface area contributed by atoms with E-state index in [4.69, 9.17) is 22.9 Å². The quantitative estimate of drug-likeness (QED) is 0.128. The molecule has 0 fully saturated rings. The van der Waals surface area contributed by atoms with Gasteiger partial charge in [0.15, 0.2) is 0 Å². The van der Waals surface area contributed by atoms with Gasteiger partial charge in [0.2, 0.25) is 0 Å². The summed E-state index contributed by atoms with van der Waals surface area (Å²) in [4.78, 5) is 0. The smallest absolute Gasteiger partial charge is 0.0943 e. The van der Waals surface area contributed by atoms with E-state index in [2.05, 4.69) is 12.1 Å². The van der Waals surface area contributed by atoms with E-state index in [1.165, 1.54) is 0 Å². The molecule has 6 rings (SSSR count). The average Bonchev–Trinajstić information content (AvgIpc) is 3.06. The molecule has 4 nitrogen and oxygen atoms in total. The van der Waals surface area contributed by atoms with Crippen molar-refractivity contribution in [2.75, 3.05) is 11.5 Å². The second kappa shape index (κ2) is 11.0. The molecule has 0 atom stereocenters. The molecule has 6 aromatic carbocycles. The summed E-state index contributed by atoms with van der Waals surface area (Å²) in [7, 11) is 0. The first-order valence-corrected chi connectivity index (χ1v) is 14.0.